The van der Waals surface area contributed by atoms with Gasteiger partial charge in [-0.2, -0.15) is 0 Å². The molecule has 0 unspecified atom stereocenters. The fourth-order valence-electron chi connectivity index (χ4n) is 2.08. The lowest BCUT2D eigenvalue weighted by Gasteiger charge is -2.09. The zero-order valence-corrected chi connectivity index (χ0v) is 11.9. The second-order valence-corrected chi connectivity index (χ2v) is 4.57. The summed E-state index contributed by atoms with van der Waals surface area (Å²) in [7, 11) is 0. The number of para-hydroxylation sites is 1. The van der Waals surface area contributed by atoms with Crippen LogP contribution in [0, 0.1) is 17.0 Å². The lowest BCUT2D eigenvalue weighted by molar-refractivity contribution is -0.392. The van der Waals surface area contributed by atoms with Crippen molar-refractivity contribution in [2.45, 2.75) is 26.8 Å². The number of carbonyl (C=O) groups is 1. The van der Waals surface area contributed by atoms with Crippen molar-refractivity contribution in [3.63, 3.8) is 0 Å². The first-order valence-corrected chi connectivity index (χ1v) is 6.57. The van der Waals surface area contributed by atoms with Crippen molar-refractivity contribution in [3.05, 3.63) is 52.0 Å². The number of nitrogens with one attached hydrogen (secondary N) is 1. The molecule has 1 amide bonds. The van der Waals surface area contributed by atoms with E-state index in [-0.39, 0.29) is 18.3 Å². The summed E-state index contributed by atoms with van der Waals surface area (Å²) in [5, 5.41) is 13.7. The molecule has 7 nitrogen and oxygen atoms in total. The quantitative estimate of drug-likeness (QED) is 0.675. The van der Waals surface area contributed by atoms with Crippen LogP contribution in [0.2, 0.25) is 0 Å². The summed E-state index contributed by atoms with van der Waals surface area (Å²) in [5.41, 5.74) is 1.74. The van der Waals surface area contributed by atoms with Crippen molar-refractivity contribution < 1.29 is 9.72 Å². The third kappa shape index (κ3) is 3.25. The molecule has 0 radical (unpaired) electrons. The Balaban J connectivity index is 2.16. The van der Waals surface area contributed by atoms with Crippen molar-refractivity contribution in [2.75, 3.05) is 5.32 Å². The fraction of sp³-hybridized carbons (Fsp3) is 0.286. The summed E-state index contributed by atoms with van der Waals surface area (Å²) in [5.74, 6) is -0.0767. The SMILES string of the molecule is CCc1ccccc1NC(=O)Cn1c([N+](=O)[O-])cnc1C. The lowest BCUT2D eigenvalue weighted by atomic mass is 10.1. The van der Waals surface area contributed by atoms with E-state index in [2.05, 4.69) is 10.3 Å². The summed E-state index contributed by atoms with van der Waals surface area (Å²) >= 11 is 0. The molecule has 1 aromatic heterocycles. The number of hydrogen-bond acceptors (Lipinski definition) is 4. The lowest BCUT2D eigenvalue weighted by Crippen LogP contribution is -2.21. The maximum absolute atomic E-state index is 12.1. The van der Waals surface area contributed by atoms with Gasteiger partial charge in [-0.1, -0.05) is 25.1 Å². The molecule has 1 heterocycles. The first-order valence-electron chi connectivity index (χ1n) is 6.57. The van der Waals surface area contributed by atoms with E-state index in [0.29, 0.717) is 5.82 Å². The van der Waals surface area contributed by atoms with E-state index in [0.717, 1.165) is 23.9 Å². The van der Waals surface area contributed by atoms with Gasteiger partial charge < -0.3 is 15.4 Å². The number of anilines is 1. The molecule has 0 saturated heterocycles. The number of carbonyl (C=O) groups excluding carboxylic acids is 1. The van der Waals surface area contributed by atoms with Gasteiger partial charge in [0.2, 0.25) is 0 Å². The highest BCUT2D eigenvalue weighted by molar-refractivity contribution is 5.91. The van der Waals surface area contributed by atoms with E-state index in [1.165, 1.54) is 4.57 Å². The van der Waals surface area contributed by atoms with Gasteiger partial charge in [0.1, 0.15) is 6.20 Å². The molecule has 0 aliphatic carbocycles. The van der Waals surface area contributed by atoms with E-state index in [1.54, 1.807) is 6.92 Å². The number of benzene rings is 1. The molecular weight excluding hydrogens is 272 g/mol. The molecule has 0 spiro atoms. The van der Waals surface area contributed by atoms with E-state index in [9.17, 15) is 14.9 Å². The Bertz CT molecular complexity index is 679. The summed E-state index contributed by atoms with van der Waals surface area (Å²) in [6.45, 7) is 3.48. The monoisotopic (exact) mass is 288 g/mol. The highest BCUT2D eigenvalue weighted by Crippen LogP contribution is 2.17. The number of hydrogen-bond donors (Lipinski definition) is 1. The predicted octanol–water partition coefficient (Wildman–Crippen LogP) is 2.30. The minimum atomic E-state index is -0.548. The van der Waals surface area contributed by atoms with Gasteiger partial charge in [-0.3, -0.25) is 4.79 Å². The molecule has 110 valence electrons. The molecule has 2 aromatic rings. The Kier molecular flexibility index (Phi) is 4.32. The molecule has 21 heavy (non-hydrogen) atoms. The summed E-state index contributed by atoms with van der Waals surface area (Å²) in [6, 6.07) is 7.48. The van der Waals surface area contributed by atoms with Crippen LogP contribution in [0.1, 0.15) is 18.3 Å². The van der Waals surface area contributed by atoms with Gasteiger partial charge in [0.15, 0.2) is 12.4 Å². The van der Waals surface area contributed by atoms with Gasteiger partial charge in [0, 0.05) is 12.6 Å². The largest absolute Gasteiger partial charge is 0.358 e. The number of aromatic nitrogens is 2. The molecule has 1 aromatic carbocycles. The van der Waals surface area contributed by atoms with Crippen LogP contribution in [0.25, 0.3) is 0 Å². The van der Waals surface area contributed by atoms with Crippen LogP contribution >= 0.6 is 0 Å². The molecule has 1 N–H and O–H groups in total. The molecule has 0 fully saturated rings. The summed E-state index contributed by atoms with van der Waals surface area (Å²) < 4.78 is 1.28. The smallest absolute Gasteiger partial charge is 0.343 e. The number of imidazole rings is 1. The van der Waals surface area contributed by atoms with Gasteiger partial charge in [-0.25, -0.2) is 9.55 Å². The molecular formula is C14H16N4O3. The minimum absolute atomic E-state index is 0.139. The van der Waals surface area contributed by atoms with Crippen LogP contribution < -0.4 is 5.32 Å². The highest BCUT2D eigenvalue weighted by atomic mass is 16.6. The third-order valence-electron chi connectivity index (χ3n) is 3.20. The Morgan fingerprint density at radius 2 is 2.14 bits per heavy atom. The Hall–Kier alpha value is -2.70. The molecule has 0 bridgehead atoms. The van der Waals surface area contributed by atoms with Gasteiger partial charge in [0.05, 0.1) is 0 Å². The Morgan fingerprint density at radius 1 is 1.43 bits per heavy atom. The Labute approximate surface area is 121 Å². The van der Waals surface area contributed by atoms with Crippen LogP contribution in [0.5, 0.6) is 0 Å². The van der Waals surface area contributed by atoms with Gasteiger partial charge >= 0.3 is 5.82 Å². The minimum Gasteiger partial charge on any atom is -0.358 e. The zero-order valence-electron chi connectivity index (χ0n) is 11.9. The number of nitro groups is 1. The maximum Gasteiger partial charge on any atom is 0.343 e. The van der Waals surface area contributed by atoms with Crippen LogP contribution in [0.15, 0.2) is 30.5 Å². The van der Waals surface area contributed by atoms with Gasteiger partial charge in [0.25, 0.3) is 5.91 Å². The molecule has 2 rings (SSSR count). The number of amides is 1. The van der Waals surface area contributed by atoms with Crippen molar-refractivity contribution in [1.82, 2.24) is 9.55 Å². The van der Waals surface area contributed by atoms with E-state index >= 15 is 0 Å². The fourth-order valence-corrected chi connectivity index (χ4v) is 2.08. The van der Waals surface area contributed by atoms with Crippen LogP contribution in [0.4, 0.5) is 11.5 Å². The Morgan fingerprint density at radius 3 is 2.81 bits per heavy atom. The summed E-state index contributed by atoms with van der Waals surface area (Å²) in [6.07, 6.45) is 1.95. The van der Waals surface area contributed by atoms with Crippen molar-refractivity contribution in [2.24, 2.45) is 0 Å². The molecule has 0 atom stereocenters. The zero-order chi connectivity index (χ0) is 15.4. The maximum atomic E-state index is 12.1. The van der Waals surface area contributed by atoms with Crippen molar-refractivity contribution in [1.29, 1.82) is 0 Å². The normalized spacial score (nSPS) is 10.4. The van der Waals surface area contributed by atoms with Crippen molar-refractivity contribution >= 4 is 17.4 Å². The molecule has 7 heteroatoms. The van der Waals surface area contributed by atoms with Crippen molar-refractivity contribution in [3.8, 4) is 0 Å². The first-order chi connectivity index (χ1) is 10.0. The first kappa shape index (κ1) is 14.7. The van der Waals surface area contributed by atoms with Gasteiger partial charge in [-0.15, -0.1) is 0 Å². The van der Waals surface area contributed by atoms with Crippen LogP contribution in [0.3, 0.4) is 0 Å². The average Bonchev–Trinajstić information content (AvgIpc) is 2.81. The van der Waals surface area contributed by atoms with E-state index in [4.69, 9.17) is 0 Å². The number of rotatable bonds is 5. The molecule has 0 aliphatic rings. The predicted molar refractivity (Wildman–Crippen MR) is 78.1 cm³/mol. The highest BCUT2D eigenvalue weighted by Gasteiger charge is 2.20. The molecule has 0 aliphatic heterocycles. The topological polar surface area (TPSA) is 90.1 Å². The number of aryl methyl sites for hydroxylation is 2. The second-order valence-electron chi connectivity index (χ2n) is 4.57. The third-order valence-corrected chi connectivity index (χ3v) is 3.20. The second kappa shape index (κ2) is 6.17. The standard InChI is InChI=1S/C14H16N4O3/c1-3-11-6-4-5-7-12(11)16-13(19)9-17-10(2)15-8-14(17)18(20)21/h4-8H,3,9H2,1-2H3,(H,16,19). The van der Waals surface area contributed by atoms with Gasteiger partial charge in [-0.05, 0) is 23.0 Å². The molecule has 0 saturated carbocycles. The van der Waals surface area contributed by atoms with Crippen LogP contribution in [-0.4, -0.2) is 20.4 Å². The van der Waals surface area contributed by atoms with E-state index in [1.807, 2.05) is 31.2 Å². The summed E-state index contributed by atoms with van der Waals surface area (Å²) in [4.78, 5) is 26.3. The van der Waals surface area contributed by atoms with E-state index < -0.39 is 4.92 Å². The van der Waals surface area contributed by atoms with Crippen LogP contribution in [-0.2, 0) is 17.8 Å². The number of nitrogens with zero attached hydrogens (tertiary/aromatic N) is 3. The average molecular weight is 288 g/mol.